The lowest BCUT2D eigenvalue weighted by molar-refractivity contribution is -0.137. The first-order chi connectivity index (χ1) is 11.6. The molecule has 0 unspecified atom stereocenters. The van der Waals surface area contributed by atoms with Crippen molar-refractivity contribution in [1.82, 2.24) is 0 Å². The van der Waals surface area contributed by atoms with Crippen LogP contribution in [-0.2, 0) is 4.79 Å². The van der Waals surface area contributed by atoms with Gasteiger partial charge in [-0.2, -0.15) is 0 Å². The van der Waals surface area contributed by atoms with Crippen molar-refractivity contribution in [3.8, 4) is 11.1 Å². The zero-order valence-corrected chi connectivity index (χ0v) is 14.1. The van der Waals surface area contributed by atoms with Gasteiger partial charge in [-0.3, -0.25) is 9.59 Å². The zero-order valence-electron chi connectivity index (χ0n) is 14.1. The van der Waals surface area contributed by atoms with Gasteiger partial charge in [0.25, 0.3) is 0 Å². The third-order valence-electron chi connectivity index (χ3n) is 4.14. The lowest BCUT2D eigenvalue weighted by atomic mass is 9.99. The summed E-state index contributed by atoms with van der Waals surface area (Å²) in [4.78, 5) is 22.6. The highest BCUT2D eigenvalue weighted by atomic mass is 16.4. The molecular weight excluding hydrogens is 300 g/mol. The van der Waals surface area contributed by atoms with E-state index in [2.05, 4.69) is 31.2 Å². The monoisotopic (exact) mass is 324 g/mol. The van der Waals surface area contributed by atoms with Crippen LogP contribution in [0, 0.1) is 6.92 Å². The van der Waals surface area contributed by atoms with Crippen LogP contribution in [0.3, 0.4) is 0 Å². The van der Waals surface area contributed by atoms with Crippen LogP contribution in [0.2, 0.25) is 0 Å². The van der Waals surface area contributed by atoms with Gasteiger partial charge in [-0.15, -0.1) is 0 Å². The van der Waals surface area contributed by atoms with Crippen molar-refractivity contribution in [3.63, 3.8) is 0 Å². The second-order valence-corrected chi connectivity index (χ2v) is 6.17. The minimum atomic E-state index is -0.750. The average Bonchev–Trinajstić information content (AvgIpc) is 2.58. The first-order valence-electron chi connectivity index (χ1n) is 8.48. The van der Waals surface area contributed by atoms with E-state index < -0.39 is 5.97 Å². The van der Waals surface area contributed by atoms with Crippen LogP contribution in [0.15, 0.2) is 48.5 Å². The van der Waals surface area contributed by atoms with Crippen molar-refractivity contribution in [1.29, 1.82) is 0 Å². The molecule has 126 valence electrons. The zero-order chi connectivity index (χ0) is 17.4. The molecule has 0 heterocycles. The number of carboxylic acids is 1. The molecule has 2 aromatic rings. The molecule has 0 aliphatic rings. The third kappa shape index (κ3) is 5.65. The Balaban J connectivity index is 1.81. The van der Waals surface area contributed by atoms with Gasteiger partial charge in [0.15, 0.2) is 5.78 Å². The number of carbonyl (C=O) groups is 2. The summed E-state index contributed by atoms with van der Waals surface area (Å²) in [5.74, 6) is -0.594. The van der Waals surface area contributed by atoms with E-state index in [1.165, 1.54) is 5.56 Å². The molecule has 1 N–H and O–H groups in total. The molecule has 0 bridgehead atoms. The predicted octanol–water partition coefficient (Wildman–Crippen LogP) is 5.27. The molecular formula is C21H24O3. The van der Waals surface area contributed by atoms with Gasteiger partial charge < -0.3 is 5.11 Å². The molecule has 0 fully saturated rings. The van der Waals surface area contributed by atoms with Crippen LogP contribution in [-0.4, -0.2) is 16.9 Å². The Kier molecular flexibility index (Phi) is 6.74. The Morgan fingerprint density at radius 1 is 0.750 bits per heavy atom. The number of unbranched alkanes of at least 4 members (excludes halogenated alkanes) is 3. The van der Waals surface area contributed by atoms with Crippen molar-refractivity contribution in [2.75, 3.05) is 0 Å². The van der Waals surface area contributed by atoms with Crippen LogP contribution in [0.5, 0.6) is 0 Å². The first-order valence-corrected chi connectivity index (χ1v) is 8.48. The number of rotatable bonds is 9. The molecule has 0 atom stereocenters. The molecule has 3 heteroatoms. The van der Waals surface area contributed by atoms with Gasteiger partial charge in [0.05, 0.1) is 0 Å². The standard InChI is InChI=1S/C21H24O3/c1-16-8-10-17(11-9-16)18-12-14-19(15-13-18)20(22)6-4-2-3-5-7-21(23)24/h8-15H,2-7H2,1H3,(H,23,24). The molecule has 3 nitrogen and oxygen atoms in total. The van der Waals surface area contributed by atoms with Crippen molar-refractivity contribution in [3.05, 3.63) is 59.7 Å². The maximum absolute atomic E-state index is 12.2. The van der Waals surface area contributed by atoms with Gasteiger partial charge in [-0.25, -0.2) is 0 Å². The van der Waals surface area contributed by atoms with E-state index in [4.69, 9.17) is 5.11 Å². The number of aryl methyl sites for hydroxylation is 1. The van der Waals surface area contributed by atoms with Crippen LogP contribution < -0.4 is 0 Å². The molecule has 0 aromatic heterocycles. The fourth-order valence-corrected chi connectivity index (χ4v) is 2.65. The Bertz CT molecular complexity index is 669. The maximum atomic E-state index is 12.2. The Labute approximate surface area is 143 Å². The van der Waals surface area contributed by atoms with E-state index in [-0.39, 0.29) is 12.2 Å². The molecule has 0 aliphatic heterocycles. The molecule has 0 saturated heterocycles. The van der Waals surface area contributed by atoms with Crippen LogP contribution in [0.1, 0.15) is 54.4 Å². The summed E-state index contributed by atoms with van der Waals surface area (Å²) >= 11 is 0. The lowest BCUT2D eigenvalue weighted by Crippen LogP contribution is -1.99. The smallest absolute Gasteiger partial charge is 0.303 e. The second-order valence-electron chi connectivity index (χ2n) is 6.17. The molecule has 2 rings (SSSR count). The van der Waals surface area contributed by atoms with E-state index in [0.717, 1.165) is 36.0 Å². The van der Waals surface area contributed by atoms with Gasteiger partial charge in [0.1, 0.15) is 0 Å². The highest BCUT2D eigenvalue weighted by Crippen LogP contribution is 2.21. The molecule has 0 aliphatic carbocycles. The van der Waals surface area contributed by atoms with Crippen LogP contribution in [0.4, 0.5) is 0 Å². The minimum absolute atomic E-state index is 0.156. The summed E-state index contributed by atoms with van der Waals surface area (Å²) in [6, 6.07) is 16.1. The number of carboxylic acid groups (broad SMARTS) is 1. The molecule has 0 saturated carbocycles. The lowest BCUT2D eigenvalue weighted by Gasteiger charge is -2.05. The molecule has 0 radical (unpaired) electrons. The predicted molar refractivity (Wildman–Crippen MR) is 96.3 cm³/mol. The van der Waals surface area contributed by atoms with Crippen molar-refractivity contribution in [2.24, 2.45) is 0 Å². The summed E-state index contributed by atoms with van der Waals surface area (Å²) in [6.07, 6.45) is 4.02. The van der Waals surface area contributed by atoms with Gasteiger partial charge in [0.2, 0.25) is 0 Å². The maximum Gasteiger partial charge on any atom is 0.303 e. The summed E-state index contributed by atoms with van der Waals surface area (Å²) in [5.41, 5.74) is 4.24. The van der Waals surface area contributed by atoms with E-state index in [9.17, 15) is 9.59 Å². The Morgan fingerprint density at radius 2 is 1.25 bits per heavy atom. The quantitative estimate of drug-likeness (QED) is 0.505. The highest BCUT2D eigenvalue weighted by molar-refractivity contribution is 5.96. The third-order valence-corrected chi connectivity index (χ3v) is 4.14. The van der Waals surface area contributed by atoms with E-state index >= 15 is 0 Å². The Morgan fingerprint density at radius 3 is 1.79 bits per heavy atom. The van der Waals surface area contributed by atoms with Gasteiger partial charge in [-0.1, -0.05) is 66.9 Å². The second kappa shape index (κ2) is 9.02. The fourth-order valence-electron chi connectivity index (χ4n) is 2.65. The van der Waals surface area contributed by atoms with Crippen molar-refractivity contribution in [2.45, 2.75) is 45.4 Å². The fraction of sp³-hybridized carbons (Fsp3) is 0.333. The number of aliphatic carboxylic acids is 1. The normalized spacial score (nSPS) is 10.5. The van der Waals surface area contributed by atoms with Crippen molar-refractivity contribution < 1.29 is 14.7 Å². The first kappa shape index (κ1) is 17.9. The number of hydrogen-bond acceptors (Lipinski definition) is 2. The van der Waals surface area contributed by atoms with E-state index in [1.54, 1.807) is 0 Å². The molecule has 2 aromatic carbocycles. The van der Waals surface area contributed by atoms with Crippen LogP contribution >= 0.6 is 0 Å². The number of ketones is 1. The largest absolute Gasteiger partial charge is 0.481 e. The molecule has 24 heavy (non-hydrogen) atoms. The van der Waals surface area contributed by atoms with E-state index in [0.29, 0.717) is 12.8 Å². The number of hydrogen-bond donors (Lipinski definition) is 1. The summed E-state index contributed by atoms with van der Waals surface area (Å²) in [5, 5.41) is 8.57. The summed E-state index contributed by atoms with van der Waals surface area (Å²) < 4.78 is 0. The molecule has 0 spiro atoms. The minimum Gasteiger partial charge on any atom is -0.481 e. The van der Waals surface area contributed by atoms with Gasteiger partial charge in [0, 0.05) is 18.4 Å². The van der Waals surface area contributed by atoms with Crippen LogP contribution in [0.25, 0.3) is 11.1 Å². The van der Waals surface area contributed by atoms with Gasteiger partial charge in [-0.05, 0) is 30.9 Å². The SMILES string of the molecule is Cc1ccc(-c2ccc(C(=O)CCCCCCC(=O)O)cc2)cc1. The average molecular weight is 324 g/mol. The highest BCUT2D eigenvalue weighted by Gasteiger charge is 2.06. The summed E-state index contributed by atoms with van der Waals surface area (Å²) in [7, 11) is 0. The number of benzene rings is 2. The van der Waals surface area contributed by atoms with Crippen molar-refractivity contribution >= 4 is 11.8 Å². The number of carbonyl (C=O) groups excluding carboxylic acids is 1. The van der Waals surface area contributed by atoms with Gasteiger partial charge >= 0.3 is 5.97 Å². The topological polar surface area (TPSA) is 54.4 Å². The molecule has 0 amide bonds. The number of Topliss-reactive ketones (excluding diaryl/α,β-unsaturated/α-hetero) is 1. The van der Waals surface area contributed by atoms with E-state index in [1.807, 2.05) is 24.3 Å². The Hall–Kier alpha value is -2.42. The summed E-state index contributed by atoms with van der Waals surface area (Å²) in [6.45, 7) is 2.06.